The number of nitrogens with zero attached hydrogens (tertiary/aromatic N) is 2. The number of benzene rings is 1. The standard InChI is InChI=1S/C13H11N3O3S/c14-10-3-1-2-9(12(17)18)11(10)19-7-8-6-16-4-5-20-13(16)15-8/h1-6H,7,14H2,(H,17,18). The normalized spacial score (nSPS) is 10.8. The first kappa shape index (κ1) is 12.5. The van der Waals surface area contributed by atoms with E-state index in [1.807, 2.05) is 22.2 Å². The van der Waals surface area contributed by atoms with Crippen molar-refractivity contribution in [3.05, 3.63) is 47.2 Å². The Kier molecular flexibility index (Phi) is 3.03. The van der Waals surface area contributed by atoms with Crippen molar-refractivity contribution in [3.63, 3.8) is 0 Å². The van der Waals surface area contributed by atoms with E-state index < -0.39 is 5.97 Å². The van der Waals surface area contributed by atoms with E-state index in [2.05, 4.69) is 4.98 Å². The highest BCUT2D eigenvalue weighted by Gasteiger charge is 2.14. The number of aromatic nitrogens is 2. The molecule has 0 spiro atoms. The smallest absolute Gasteiger partial charge is 0.339 e. The number of ether oxygens (including phenoxy) is 1. The molecule has 0 aliphatic heterocycles. The number of fused-ring (bicyclic) bond motifs is 1. The molecule has 0 radical (unpaired) electrons. The summed E-state index contributed by atoms with van der Waals surface area (Å²) in [6.07, 6.45) is 3.74. The monoisotopic (exact) mass is 289 g/mol. The molecule has 0 fully saturated rings. The van der Waals surface area contributed by atoms with Crippen molar-refractivity contribution < 1.29 is 14.6 Å². The number of carboxylic acid groups (broad SMARTS) is 1. The van der Waals surface area contributed by atoms with Crippen molar-refractivity contribution >= 4 is 28.0 Å². The summed E-state index contributed by atoms with van der Waals surface area (Å²) in [4.78, 5) is 16.4. The lowest BCUT2D eigenvalue weighted by molar-refractivity contribution is 0.0692. The number of carboxylic acids is 1. The third-order valence-corrected chi connectivity index (χ3v) is 3.55. The summed E-state index contributed by atoms with van der Waals surface area (Å²) in [7, 11) is 0. The van der Waals surface area contributed by atoms with E-state index in [1.54, 1.807) is 12.1 Å². The van der Waals surface area contributed by atoms with Gasteiger partial charge in [-0.3, -0.25) is 4.40 Å². The van der Waals surface area contributed by atoms with E-state index in [0.717, 1.165) is 10.7 Å². The van der Waals surface area contributed by atoms with Gasteiger partial charge in [-0.1, -0.05) is 6.07 Å². The predicted octanol–water partition coefficient (Wildman–Crippen LogP) is 2.26. The van der Waals surface area contributed by atoms with Gasteiger partial charge in [-0.25, -0.2) is 9.78 Å². The molecule has 2 aromatic heterocycles. The molecule has 7 heteroatoms. The van der Waals surface area contributed by atoms with Gasteiger partial charge in [0.2, 0.25) is 0 Å². The van der Waals surface area contributed by atoms with Gasteiger partial charge >= 0.3 is 5.97 Å². The zero-order valence-electron chi connectivity index (χ0n) is 10.3. The minimum atomic E-state index is -1.07. The molecule has 2 heterocycles. The lowest BCUT2D eigenvalue weighted by atomic mass is 10.2. The van der Waals surface area contributed by atoms with Gasteiger partial charge in [-0.2, -0.15) is 0 Å². The number of aromatic carboxylic acids is 1. The van der Waals surface area contributed by atoms with Gasteiger partial charge in [0.15, 0.2) is 10.7 Å². The zero-order valence-corrected chi connectivity index (χ0v) is 11.1. The molecule has 0 atom stereocenters. The van der Waals surface area contributed by atoms with E-state index in [4.69, 9.17) is 15.6 Å². The van der Waals surface area contributed by atoms with Crippen molar-refractivity contribution in [2.75, 3.05) is 5.73 Å². The predicted molar refractivity (Wildman–Crippen MR) is 75.2 cm³/mol. The van der Waals surface area contributed by atoms with Crippen LogP contribution in [0.2, 0.25) is 0 Å². The molecule has 20 heavy (non-hydrogen) atoms. The maximum atomic E-state index is 11.1. The van der Waals surface area contributed by atoms with Gasteiger partial charge < -0.3 is 15.6 Å². The second-order valence-electron chi connectivity index (χ2n) is 4.14. The summed E-state index contributed by atoms with van der Waals surface area (Å²) in [5.74, 6) is -0.894. The van der Waals surface area contributed by atoms with Crippen LogP contribution in [0.5, 0.6) is 5.75 Å². The van der Waals surface area contributed by atoms with Crippen LogP contribution < -0.4 is 10.5 Å². The number of para-hydroxylation sites is 1. The third-order valence-electron chi connectivity index (χ3n) is 2.78. The molecule has 0 amide bonds. The molecule has 0 saturated carbocycles. The van der Waals surface area contributed by atoms with Crippen molar-refractivity contribution in [1.29, 1.82) is 0 Å². The molecule has 0 aliphatic carbocycles. The summed E-state index contributed by atoms with van der Waals surface area (Å²) in [6.45, 7) is 0.170. The van der Waals surface area contributed by atoms with Crippen LogP contribution in [-0.4, -0.2) is 20.5 Å². The molecule has 0 saturated heterocycles. The molecule has 1 aromatic carbocycles. The van der Waals surface area contributed by atoms with Crippen LogP contribution in [0, 0.1) is 0 Å². The third kappa shape index (κ3) is 2.19. The fourth-order valence-corrected chi connectivity index (χ4v) is 2.60. The first-order valence-electron chi connectivity index (χ1n) is 5.81. The number of hydrogen-bond acceptors (Lipinski definition) is 5. The fourth-order valence-electron chi connectivity index (χ4n) is 1.88. The summed E-state index contributed by atoms with van der Waals surface area (Å²) >= 11 is 1.52. The fraction of sp³-hybridized carbons (Fsp3) is 0.0769. The lowest BCUT2D eigenvalue weighted by Gasteiger charge is -2.10. The van der Waals surface area contributed by atoms with Gasteiger partial charge in [0.05, 0.1) is 11.4 Å². The van der Waals surface area contributed by atoms with Gasteiger partial charge in [-0.05, 0) is 12.1 Å². The molecule has 0 unspecified atom stereocenters. The molecular formula is C13H11N3O3S. The minimum Gasteiger partial charge on any atom is -0.484 e. The number of rotatable bonds is 4. The molecule has 3 rings (SSSR count). The number of nitrogen functional groups attached to an aromatic ring is 1. The average Bonchev–Trinajstić information content (AvgIpc) is 2.97. The van der Waals surface area contributed by atoms with Crippen LogP contribution in [0.3, 0.4) is 0 Å². The molecule has 3 N–H and O–H groups in total. The Morgan fingerprint density at radius 2 is 2.35 bits per heavy atom. The summed E-state index contributed by atoms with van der Waals surface area (Å²) in [6, 6.07) is 4.64. The molecule has 0 aliphatic rings. The Labute approximate surface area is 118 Å². The molecular weight excluding hydrogens is 278 g/mol. The maximum Gasteiger partial charge on any atom is 0.339 e. The van der Waals surface area contributed by atoms with E-state index in [-0.39, 0.29) is 17.9 Å². The van der Waals surface area contributed by atoms with Gasteiger partial charge in [0.25, 0.3) is 0 Å². The number of hydrogen-bond donors (Lipinski definition) is 2. The van der Waals surface area contributed by atoms with Crippen LogP contribution in [0.1, 0.15) is 16.1 Å². The van der Waals surface area contributed by atoms with Crippen molar-refractivity contribution in [1.82, 2.24) is 9.38 Å². The highest BCUT2D eigenvalue weighted by atomic mass is 32.1. The van der Waals surface area contributed by atoms with E-state index in [9.17, 15) is 4.79 Å². The second-order valence-corrected chi connectivity index (χ2v) is 5.02. The Hall–Kier alpha value is -2.54. The van der Waals surface area contributed by atoms with Crippen LogP contribution in [0.4, 0.5) is 5.69 Å². The first-order valence-corrected chi connectivity index (χ1v) is 6.69. The minimum absolute atomic E-state index is 0.0472. The lowest BCUT2D eigenvalue weighted by Crippen LogP contribution is -2.06. The molecule has 0 bridgehead atoms. The Bertz CT molecular complexity index is 750. The second kappa shape index (κ2) is 4.86. The first-order chi connectivity index (χ1) is 9.65. The maximum absolute atomic E-state index is 11.1. The molecule has 102 valence electrons. The van der Waals surface area contributed by atoms with Crippen LogP contribution in [-0.2, 0) is 6.61 Å². The SMILES string of the molecule is Nc1cccc(C(=O)O)c1OCc1cn2ccsc2n1. The summed E-state index contributed by atoms with van der Waals surface area (Å²) < 4.78 is 7.42. The van der Waals surface area contributed by atoms with Gasteiger partial charge in [0.1, 0.15) is 12.2 Å². The highest BCUT2D eigenvalue weighted by Crippen LogP contribution is 2.27. The van der Waals surface area contributed by atoms with Gasteiger partial charge in [0, 0.05) is 17.8 Å². The van der Waals surface area contributed by atoms with E-state index >= 15 is 0 Å². The number of nitrogens with two attached hydrogens (primary N) is 1. The summed E-state index contributed by atoms with van der Waals surface area (Å²) in [5, 5.41) is 11.1. The number of anilines is 1. The van der Waals surface area contributed by atoms with Gasteiger partial charge in [-0.15, -0.1) is 11.3 Å². The van der Waals surface area contributed by atoms with Crippen molar-refractivity contribution in [3.8, 4) is 5.75 Å². The number of thiazole rings is 1. The van der Waals surface area contributed by atoms with Crippen LogP contribution >= 0.6 is 11.3 Å². The van der Waals surface area contributed by atoms with Crippen molar-refractivity contribution in [2.45, 2.75) is 6.61 Å². The zero-order chi connectivity index (χ0) is 14.1. The molecule has 6 nitrogen and oxygen atoms in total. The molecule has 3 aromatic rings. The topological polar surface area (TPSA) is 89.9 Å². The number of carbonyl (C=O) groups is 1. The van der Waals surface area contributed by atoms with Crippen LogP contribution in [0.15, 0.2) is 36.0 Å². The Balaban J connectivity index is 1.84. The quantitative estimate of drug-likeness (QED) is 0.719. The highest BCUT2D eigenvalue weighted by molar-refractivity contribution is 7.15. The van der Waals surface area contributed by atoms with E-state index in [0.29, 0.717) is 5.69 Å². The largest absolute Gasteiger partial charge is 0.484 e. The number of imidazole rings is 1. The Morgan fingerprint density at radius 1 is 1.50 bits per heavy atom. The average molecular weight is 289 g/mol. The van der Waals surface area contributed by atoms with E-state index in [1.165, 1.54) is 17.4 Å². The van der Waals surface area contributed by atoms with Crippen LogP contribution in [0.25, 0.3) is 4.96 Å². The van der Waals surface area contributed by atoms with Crippen molar-refractivity contribution in [2.24, 2.45) is 0 Å². The Morgan fingerprint density at radius 3 is 3.10 bits per heavy atom. The summed E-state index contributed by atoms with van der Waals surface area (Å²) in [5.41, 5.74) is 6.83.